The molecule has 0 aliphatic carbocycles. The molecule has 26 heavy (non-hydrogen) atoms. The summed E-state index contributed by atoms with van der Waals surface area (Å²) in [4.78, 5) is 6.83. The van der Waals surface area contributed by atoms with E-state index in [0.29, 0.717) is 13.2 Å². The Morgan fingerprint density at radius 3 is 2.65 bits per heavy atom. The molecule has 1 aromatic rings. The molecule has 0 saturated carbocycles. The van der Waals surface area contributed by atoms with Crippen molar-refractivity contribution in [2.75, 3.05) is 53.5 Å². The lowest BCUT2D eigenvalue weighted by Crippen LogP contribution is -2.41. The van der Waals surface area contributed by atoms with Crippen LogP contribution in [-0.2, 0) is 0 Å². The van der Waals surface area contributed by atoms with Crippen LogP contribution in [0.2, 0.25) is 0 Å². The maximum absolute atomic E-state index is 5.73. The molecule has 6 nitrogen and oxygen atoms in total. The third kappa shape index (κ3) is 7.52. The van der Waals surface area contributed by atoms with Crippen LogP contribution >= 0.6 is 0 Å². The van der Waals surface area contributed by atoms with Crippen LogP contribution in [0.25, 0.3) is 0 Å². The Hall–Kier alpha value is -1.95. The van der Waals surface area contributed by atoms with E-state index >= 15 is 0 Å². The summed E-state index contributed by atoms with van der Waals surface area (Å²) in [5.74, 6) is 3.33. The lowest BCUT2D eigenvalue weighted by Gasteiger charge is -2.30. The Morgan fingerprint density at radius 2 is 1.92 bits per heavy atom. The van der Waals surface area contributed by atoms with Gasteiger partial charge >= 0.3 is 0 Å². The van der Waals surface area contributed by atoms with E-state index in [2.05, 4.69) is 27.4 Å². The highest BCUT2D eigenvalue weighted by molar-refractivity contribution is 5.79. The molecular formula is C20H34N4O2. The Bertz CT molecular complexity index is 542. The summed E-state index contributed by atoms with van der Waals surface area (Å²) >= 11 is 0. The Balaban J connectivity index is 1.54. The molecule has 1 aliphatic rings. The molecule has 2 N–H and O–H groups in total. The second-order valence-electron chi connectivity index (χ2n) is 6.83. The van der Waals surface area contributed by atoms with E-state index in [9.17, 15) is 0 Å². The summed E-state index contributed by atoms with van der Waals surface area (Å²) in [6.45, 7) is 8.21. The Kier molecular flexibility index (Phi) is 9.10. The molecule has 2 rings (SSSR count). The molecule has 0 radical (unpaired) electrons. The number of methoxy groups -OCH3 is 1. The van der Waals surface area contributed by atoms with E-state index in [1.54, 1.807) is 14.2 Å². The van der Waals surface area contributed by atoms with Crippen LogP contribution in [0.5, 0.6) is 11.5 Å². The van der Waals surface area contributed by atoms with Crippen LogP contribution < -0.4 is 20.1 Å². The van der Waals surface area contributed by atoms with Crippen LogP contribution in [0.15, 0.2) is 29.3 Å². The van der Waals surface area contributed by atoms with Crippen molar-refractivity contribution < 1.29 is 9.47 Å². The molecule has 1 heterocycles. The molecule has 0 bridgehead atoms. The predicted octanol–water partition coefficient (Wildman–Crippen LogP) is 2.36. The number of ether oxygens (including phenoxy) is 2. The summed E-state index contributed by atoms with van der Waals surface area (Å²) in [5.41, 5.74) is 0. The fourth-order valence-corrected chi connectivity index (χ4v) is 3.05. The van der Waals surface area contributed by atoms with Gasteiger partial charge in [-0.15, -0.1) is 0 Å². The van der Waals surface area contributed by atoms with Crippen molar-refractivity contribution in [3.8, 4) is 11.5 Å². The summed E-state index contributed by atoms with van der Waals surface area (Å²) in [6.07, 6.45) is 3.81. The van der Waals surface area contributed by atoms with Gasteiger partial charge in [-0.3, -0.25) is 4.99 Å². The SMILES string of the molecule is CN=C(NCCCN1CCC(C)CC1)NCCOc1cccc(OC)c1. The molecule has 1 saturated heterocycles. The third-order valence-electron chi connectivity index (χ3n) is 4.75. The molecule has 1 aliphatic heterocycles. The first-order valence-corrected chi connectivity index (χ1v) is 9.65. The number of benzene rings is 1. The number of hydrogen-bond acceptors (Lipinski definition) is 4. The van der Waals surface area contributed by atoms with Gasteiger partial charge in [0.15, 0.2) is 5.96 Å². The fourth-order valence-electron chi connectivity index (χ4n) is 3.05. The number of aliphatic imine (C=N–C) groups is 1. The van der Waals surface area contributed by atoms with Crippen molar-refractivity contribution >= 4 is 5.96 Å². The molecule has 0 amide bonds. The third-order valence-corrected chi connectivity index (χ3v) is 4.75. The van der Waals surface area contributed by atoms with Crippen LogP contribution in [0, 0.1) is 5.92 Å². The number of hydrogen-bond donors (Lipinski definition) is 2. The number of rotatable bonds is 9. The van der Waals surface area contributed by atoms with Gasteiger partial charge in [0.2, 0.25) is 0 Å². The van der Waals surface area contributed by atoms with Gasteiger partial charge in [0, 0.05) is 19.7 Å². The zero-order valence-electron chi connectivity index (χ0n) is 16.5. The lowest BCUT2D eigenvalue weighted by molar-refractivity contribution is 0.191. The molecule has 1 aromatic carbocycles. The molecule has 1 fully saturated rings. The Morgan fingerprint density at radius 1 is 1.19 bits per heavy atom. The maximum Gasteiger partial charge on any atom is 0.191 e. The molecule has 6 heteroatoms. The van der Waals surface area contributed by atoms with Gasteiger partial charge in [-0.2, -0.15) is 0 Å². The van der Waals surface area contributed by atoms with Gasteiger partial charge < -0.3 is 25.0 Å². The average molecular weight is 363 g/mol. The van der Waals surface area contributed by atoms with Crippen LogP contribution in [0.1, 0.15) is 26.2 Å². The zero-order chi connectivity index (χ0) is 18.6. The van der Waals surface area contributed by atoms with Gasteiger partial charge in [0.05, 0.1) is 13.7 Å². The van der Waals surface area contributed by atoms with Crippen molar-refractivity contribution in [1.29, 1.82) is 0 Å². The van der Waals surface area contributed by atoms with Crippen LogP contribution in [0.3, 0.4) is 0 Å². The first-order chi connectivity index (χ1) is 12.7. The predicted molar refractivity (Wildman–Crippen MR) is 107 cm³/mol. The van der Waals surface area contributed by atoms with E-state index < -0.39 is 0 Å². The second kappa shape index (κ2) is 11.6. The van der Waals surface area contributed by atoms with E-state index in [4.69, 9.17) is 9.47 Å². The fraction of sp³-hybridized carbons (Fsp3) is 0.650. The van der Waals surface area contributed by atoms with Gasteiger partial charge in [-0.25, -0.2) is 0 Å². The van der Waals surface area contributed by atoms with E-state index in [-0.39, 0.29) is 0 Å². The maximum atomic E-state index is 5.73. The molecule has 0 aromatic heterocycles. The van der Waals surface area contributed by atoms with Gasteiger partial charge in [0.1, 0.15) is 18.1 Å². The lowest BCUT2D eigenvalue weighted by atomic mass is 9.99. The smallest absolute Gasteiger partial charge is 0.191 e. The van der Waals surface area contributed by atoms with E-state index in [1.807, 2.05) is 24.3 Å². The standard InChI is InChI=1S/C20H34N4O2/c1-17-8-13-24(14-9-17)12-5-10-22-20(21-2)23-11-15-26-19-7-4-6-18(16-19)25-3/h4,6-7,16-17H,5,8-15H2,1-3H3,(H2,21,22,23). The van der Waals surface area contributed by atoms with Crippen LogP contribution in [-0.4, -0.2) is 64.3 Å². The summed E-state index contributed by atoms with van der Waals surface area (Å²) < 4.78 is 10.9. The highest BCUT2D eigenvalue weighted by atomic mass is 16.5. The zero-order valence-corrected chi connectivity index (χ0v) is 16.5. The van der Waals surface area contributed by atoms with E-state index in [1.165, 1.54) is 25.9 Å². The molecule has 0 spiro atoms. The van der Waals surface area contributed by atoms with Crippen molar-refractivity contribution in [3.63, 3.8) is 0 Å². The first-order valence-electron chi connectivity index (χ1n) is 9.65. The first kappa shape index (κ1) is 20.4. The average Bonchev–Trinajstić information content (AvgIpc) is 2.68. The molecule has 0 atom stereocenters. The normalized spacial score (nSPS) is 16.3. The topological polar surface area (TPSA) is 58.1 Å². The number of guanidine groups is 1. The van der Waals surface area contributed by atoms with Gasteiger partial charge in [0.25, 0.3) is 0 Å². The minimum atomic E-state index is 0.569. The summed E-state index contributed by atoms with van der Waals surface area (Å²) in [6, 6.07) is 7.64. The summed E-state index contributed by atoms with van der Waals surface area (Å²) in [5, 5.41) is 6.65. The largest absolute Gasteiger partial charge is 0.497 e. The monoisotopic (exact) mass is 362 g/mol. The van der Waals surface area contributed by atoms with Gasteiger partial charge in [-0.05, 0) is 56.9 Å². The molecule has 0 unspecified atom stereocenters. The number of nitrogens with zero attached hydrogens (tertiary/aromatic N) is 2. The van der Waals surface area contributed by atoms with Crippen molar-refractivity contribution in [2.24, 2.45) is 10.9 Å². The molecular weight excluding hydrogens is 328 g/mol. The Labute approximate surface area is 158 Å². The highest BCUT2D eigenvalue weighted by Gasteiger charge is 2.14. The second-order valence-corrected chi connectivity index (χ2v) is 6.83. The van der Waals surface area contributed by atoms with E-state index in [0.717, 1.165) is 42.9 Å². The number of likely N-dealkylation sites (tertiary alicyclic amines) is 1. The van der Waals surface area contributed by atoms with Crippen LogP contribution in [0.4, 0.5) is 0 Å². The highest BCUT2D eigenvalue weighted by Crippen LogP contribution is 2.18. The quantitative estimate of drug-likeness (QED) is 0.401. The minimum Gasteiger partial charge on any atom is -0.497 e. The number of nitrogens with one attached hydrogen (secondary N) is 2. The van der Waals surface area contributed by atoms with Crippen molar-refractivity contribution in [3.05, 3.63) is 24.3 Å². The van der Waals surface area contributed by atoms with Crippen molar-refractivity contribution in [2.45, 2.75) is 26.2 Å². The molecule has 146 valence electrons. The number of piperidine rings is 1. The van der Waals surface area contributed by atoms with Gasteiger partial charge in [-0.1, -0.05) is 13.0 Å². The minimum absolute atomic E-state index is 0.569. The summed E-state index contributed by atoms with van der Waals surface area (Å²) in [7, 11) is 3.45. The van der Waals surface area contributed by atoms with Crippen molar-refractivity contribution in [1.82, 2.24) is 15.5 Å².